The molecule has 3 aromatic rings. The predicted octanol–water partition coefficient (Wildman–Crippen LogP) is 7.74. The van der Waals surface area contributed by atoms with Gasteiger partial charge in [0.05, 0.1) is 53.4 Å². The number of hydrogen-bond donors (Lipinski definition) is 2. The molecule has 1 aliphatic heterocycles. The summed E-state index contributed by atoms with van der Waals surface area (Å²) in [7, 11) is 0. The summed E-state index contributed by atoms with van der Waals surface area (Å²) >= 11 is 0. The number of fused-ring (bicyclic) bond motifs is 1. The Morgan fingerprint density at radius 2 is 1.58 bits per heavy atom. The standard InChI is InChI=1S/C32H31F9N4O5/c1-3-29(42)22(14-18-13-19(30(33,34)35)7-8-24(18)45(29)28(47)48)27-43-16-25(50-9-5-6-26(46)49-4-2)23(44-27)12-17-10-20(31(36,37)38)15-21(11-17)32(39,40)41/h7-8,10-11,13,15-16,22H,3-6,9,12,14,42H2,1-2H3,(H,47,48). The average Bonchev–Trinajstić information content (AvgIpc) is 3.01. The number of ether oxygens (including phenoxy) is 2. The molecule has 3 N–H and O–H groups in total. The van der Waals surface area contributed by atoms with Crippen molar-refractivity contribution >= 4 is 17.7 Å². The van der Waals surface area contributed by atoms with E-state index in [-0.39, 0.29) is 73.5 Å². The summed E-state index contributed by atoms with van der Waals surface area (Å²) in [4.78, 5) is 33.6. The molecule has 0 saturated heterocycles. The van der Waals surface area contributed by atoms with Crippen molar-refractivity contribution in [3.05, 3.63) is 81.9 Å². The number of aromatic nitrogens is 2. The van der Waals surface area contributed by atoms with Crippen LogP contribution in [0.3, 0.4) is 0 Å². The van der Waals surface area contributed by atoms with Gasteiger partial charge in [-0.25, -0.2) is 14.8 Å². The molecule has 0 aliphatic carbocycles. The number of rotatable bonds is 10. The lowest BCUT2D eigenvalue weighted by Crippen LogP contribution is -2.64. The van der Waals surface area contributed by atoms with Crippen LogP contribution in [0.5, 0.6) is 5.75 Å². The highest BCUT2D eigenvalue weighted by atomic mass is 19.4. The minimum atomic E-state index is -5.15. The fourth-order valence-electron chi connectivity index (χ4n) is 5.70. The summed E-state index contributed by atoms with van der Waals surface area (Å²) in [5, 5.41) is 10.2. The summed E-state index contributed by atoms with van der Waals surface area (Å²) in [6, 6.07) is 3.41. The summed E-state index contributed by atoms with van der Waals surface area (Å²) in [5.74, 6) is -2.22. The first-order valence-corrected chi connectivity index (χ1v) is 15.1. The van der Waals surface area contributed by atoms with E-state index in [0.717, 1.165) is 18.3 Å². The highest BCUT2D eigenvalue weighted by molar-refractivity contribution is 5.90. The van der Waals surface area contributed by atoms with Crippen molar-refractivity contribution in [3.8, 4) is 5.75 Å². The summed E-state index contributed by atoms with van der Waals surface area (Å²) in [6.45, 7) is 3.06. The molecule has 50 heavy (non-hydrogen) atoms. The normalized spacial score (nSPS) is 18.1. The minimum absolute atomic E-state index is 0.0408. The third kappa shape index (κ3) is 8.39. The van der Waals surface area contributed by atoms with E-state index in [2.05, 4.69) is 9.97 Å². The van der Waals surface area contributed by atoms with Gasteiger partial charge in [0.15, 0.2) is 5.75 Å². The van der Waals surface area contributed by atoms with E-state index in [1.807, 2.05) is 0 Å². The number of nitrogens with two attached hydrogens (primary N) is 1. The van der Waals surface area contributed by atoms with E-state index < -0.39 is 70.8 Å². The second-order valence-corrected chi connectivity index (χ2v) is 11.4. The maximum Gasteiger partial charge on any atom is 0.416 e. The molecule has 1 aromatic heterocycles. The van der Waals surface area contributed by atoms with Gasteiger partial charge in [0.25, 0.3) is 0 Å². The lowest BCUT2D eigenvalue weighted by Gasteiger charge is -2.48. The van der Waals surface area contributed by atoms with Gasteiger partial charge in [-0.15, -0.1) is 0 Å². The summed E-state index contributed by atoms with van der Waals surface area (Å²) in [5.41, 5.74) is -0.319. The zero-order chi connectivity index (χ0) is 37.2. The van der Waals surface area contributed by atoms with E-state index in [1.54, 1.807) is 6.92 Å². The van der Waals surface area contributed by atoms with Crippen LogP contribution in [0.1, 0.15) is 78.4 Å². The topological polar surface area (TPSA) is 128 Å². The number of esters is 1. The van der Waals surface area contributed by atoms with E-state index in [9.17, 15) is 54.2 Å². The van der Waals surface area contributed by atoms with Crippen LogP contribution in [-0.4, -0.2) is 46.0 Å². The molecular formula is C32H31F9N4O5. The van der Waals surface area contributed by atoms with Crippen LogP contribution >= 0.6 is 0 Å². The van der Waals surface area contributed by atoms with Gasteiger partial charge in [0.2, 0.25) is 0 Å². The van der Waals surface area contributed by atoms with Crippen LogP contribution in [0.2, 0.25) is 0 Å². The number of benzene rings is 2. The monoisotopic (exact) mass is 722 g/mol. The quantitative estimate of drug-likeness (QED) is 0.124. The molecule has 0 fully saturated rings. The molecule has 0 saturated carbocycles. The molecule has 2 aromatic carbocycles. The van der Waals surface area contributed by atoms with Crippen molar-refractivity contribution in [2.24, 2.45) is 5.73 Å². The van der Waals surface area contributed by atoms with Gasteiger partial charge in [-0.2, -0.15) is 39.5 Å². The number of anilines is 1. The number of amides is 1. The molecule has 2 heterocycles. The van der Waals surface area contributed by atoms with Crippen molar-refractivity contribution in [2.45, 2.75) is 76.1 Å². The Morgan fingerprint density at radius 3 is 2.12 bits per heavy atom. The molecule has 2 atom stereocenters. The average molecular weight is 723 g/mol. The number of hydrogen-bond acceptors (Lipinski definition) is 7. The molecule has 0 spiro atoms. The molecule has 0 radical (unpaired) electrons. The van der Waals surface area contributed by atoms with Crippen LogP contribution in [-0.2, 0) is 40.9 Å². The largest absolute Gasteiger partial charge is 0.490 e. The molecule has 1 aliphatic rings. The minimum Gasteiger partial charge on any atom is -0.490 e. The maximum atomic E-state index is 13.6. The Bertz CT molecular complexity index is 1700. The van der Waals surface area contributed by atoms with E-state index >= 15 is 0 Å². The number of halogens is 9. The first-order valence-electron chi connectivity index (χ1n) is 15.1. The van der Waals surface area contributed by atoms with Gasteiger partial charge in [-0.05, 0) is 73.7 Å². The number of carbonyl (C=O) groups excluding carboxylic acids is 1. The van der Waals surface area contributed by atoms with Crippen molar-refractivity contribution in [3.63, 3.8) is 0 Å². The smallest absolute Gasteiger partial charge is 0.416 e. The first-order chi connectivity index (χ1) is 23.2. The molecule has 18 heteroatoms. The molecule has 1 amide bonds. The molecule has 2 unspecified atom stereocenters. The number of nitrogens with zero attached hydrogens (tertiary/aromatic N) is 3. The molecule has 0 bridgehead atoms. The Hall–Kier alpha value is -4.61. The number of carboxylic acid groups (broad SMARTS) is 1. The zero-order valence-electron chi connectivity index (χ0n) is 26.5. The predicted molar refractivity (Wildman–Crippen MR) is 158 cm³/mol. The molecule has 272 valence electrons. The van der Waals surface area contributed by atoms with Gasteiger partial charge >= 0.3 is 30.6 Å². The lowest BCUT2D eigenvalue weighted by molar-refractivity contribution is -0.144. The second kappa shape index (κ2) is 14.3. The van der Waals surface area contributed by atoms with Crippen molar-refractivity contribution < 1.29 is 63.7 Å². The lowest BCUT2D eigenvalue weighted by atomic mass is 9.78. The van der Waals surface area contributed by atoms with Crippen LogP contribution in [0.25, 0.3) is 0 Å². The Labute approximate surface area is 279 Å². The third-order valence-electron chi connectivity index (χ3n) is 8.12. The van der Waals surface area contributed by atoms with Gasteiger partial charge < -0.3 is 20.3 Å². The zero-order valence-corrected chi connectivity index (χ0v) is 26.5. The van der Waals surface area contributed by atoms with Gasteiger partial charge in [0, 0.05) is 12.8 Å². The van der Waals surface area contributed by atoms with Crippen LogP contribution in [0, 0.1) is 0 Å². The van der Waals surface area contributed by atoms with Crippen molar-refractivity contribution in [2.75, 3.05) is 18.1 Å². The molecular weight excluding hydrogens is 691 g/mol. The second-order valence-electron chi connectivity index (χ2n) is 11.4. The summed E-state index contributed by atoms with van der Waals surface area (Å²) < 4.78 is 133. The number of alkyl halides is 9. The highest BCUT2D eigenvalue weighted by Crippen LogP contribution is 2.46. The Kier molecular flexibility index (Phi) is 10.9. The number of carbonyl (C=O) groups is 2. The Balaban J connectivity index is 1.84. The van der Waals surface area contributed by atoms with Crippen LogP contribution in [0.4, 0.5) is 50.0 Å². The highest BCUT2D eigenvalue weighted by Gasteiger charge is 2.50. The van der Waals surface area contributed by atoms with E-state index in [1.165, 1.54) is 6.92 Å². The Morgan fingerprint density at radius 1 is 0.960 bits per heavy atom. The van der Waals surface area contributed by atoms with Gasteiger partial charge in [0.1, 0.15) is 11.5 Å². The van der Waals surface area contributed by atoms with E-state index in [0.29, 0.717) is 23.1 Å². The summed E-state index contributed by atoms with van der Waals surface area (Å²) in [6.07, 6.45) is -16.7. The molecule has 9 nitrogen and oxygen atoms in total. The maximum absolute atomic E-state index is 13.6. The van der Waals surface area contributed by atoms with Gasteiger partial charge in [-0.3, -0.25) is 9.69 Å². The van der Waals surface area contributed by atoms with Crippen LogP contribution in [0.15, 0.2) is 42.6 Å². The fourth-order valence-corrected chi connectivity index (χ4v) is 5.70. The first kappa shape index (κ1) is 38.2. The molecule has 4 rings (SSSR count). The van der Waals surface area contributed by atoms with Crippen molar-refractivity contribution in [1.82, 2.24) is 9.97 Å². The van der Waals surface area contributed by atoms with Crippen molar-refractivity contribution in [1.29, 1.82) is 0 Å². The third-order valence-corrected chi connectivity index (χ3v) is 8.12. The SMILES string of the molecule is CCOC(=O)CCCOc1cnc(C2Cc3cc(C(F)(F)F)ccc3N(C(=O)O)C2(N)CC)nc1Cc1cc(C(F)(F)F)cc(C(F)(F)F)c1. The van der Waals surface area contributed by atoms with E-state index in [4.69, 9.17) is 15.2 Å². The van der Waals surface area contributed by atoms with Gasteiger partial charge in [-0.1, -0.05) is 6.92 Å². The van der Waals surface area contributed by atoms with Crippen LogP contribution < -0.4 is 15.4 Å². The fraction of sp³-hybridized carbons (Fsp3) is 0.438.